The van der Waals surface area contributed by atoms with Gasteiger partial charge in [0.25, 0.3) is 6.43 Å². The molecule has 8 heteroatoms. The molecule has 1 fully saturated rings. The third-order valence-corrected chi connectivity index (χ3v) is 5.66. The van der Waals surface area contributed by atoms with Crippen molar-refractivity contribution >= 4 is 22.6 Å². The number of rotatable bonds is 6. The Bertz CT molecular complexity index is 1070. The predicted octanol–water partition coefficient (Wildman–Crippen LogP) is 4.61. The highest BCUT2D eigenvalue weighted by Gasteiger charge is 2.20. The molecule has 6 nitrogen and oxygen atoms in total. The number of aryl methyl sites for hydroxylation is 2. The number of carbonyl (C=O) groups excluding carboxylic acids is 1. The number of halogens is 2. The van der Waals surface area contributed by atoms with Gasteiger partial charge in [0.15, 0.2) is 5.65 Å². The second-order valence-electron chi connectivity index (χ2n) is 8.18. The summed E-state index contributed by atoms with van der Waals surface area (Å²) < 4.78 is 28.3. The van der Waals surface area contributed by atoms with E-state index in [1.165, 1.54) is 35.6 Å². The number of pyridine rings is 1. The van der Waals surface area contributed by atoms with Crippen molar-refractivity contribution in [1.82, 2.24) is 19.7 Å². The highest BCUT2D eigenvalue weighted by molar-refractivity contribution is 5.92. The average molecular weight is 427 g/mol. The fourth-order valence-corrected chi connectivity index (χ4v) is 4.21. The Morgan fingerprint density at radius 1 is 1.13 bits per heavy atom. The van der Waals surface area contributed by atoms with Crippen molar-refractivity contribution in [2.24, 2.45) is 0 Å². The van der Waals surface area contributed by atoms with Gasteiger partial charge in [-0.3, -0.25) is 9.69 Å². The molecule has 1 amide bonds. The molecule has 4 rings (SSSR count). The van der Waals surface area contributed by atoms with Crippen molar-refractivity contribution in [3.63, 3.8) is 0 Å². The first-order chi connectivity index (χ1) is 14.9. The van der Waals surface area contributed by atoms with Crippen LogP contribution in [0, 0.1) is 13.8 Å². The van der Waals surface area contributed by atoms with Crippen molar-refractivity contribution < 1.29 is 13.6 Å². The second-order valence-corrected chi connectivity index (χ2v) is 8.18. The highest BCUT2D eigenvalue weighted by Crippen LogP contribution is 2.30. The Morgan fingerprint density at radius 3 is 2.52 bits per heavy atom. The molecule has 1 N–H and O–H groups in total. The van der Waals surface area contributed by atoms with E-state index in [0.717, 1.165) is 19.6 Å². The maximum atomic E-state index is 13.4. The smallest absolute Gasteiger partial charge is 0.264 e. The van der Waals surface area contributed by atoms with Crippen LogP contribution in [0.4, 0.5) is 14.5 Å². The minimum absolute atomic E-state index is 0.0982. The highest BCUT2D eigenvalue weighted by atomic mass is 19.3. The number of hydrogen-bond acceptors (Lipinski definition) is 4. The summed E-state index contributed by atoms with van der Waals surface area (Å²) in [6.07, 6.45) is 1.19. The van der Waals surface area contributed by atoms with E-state index in [2.05, 4.69) is 20.3 Å². The first-order valence-corrected chi connectivity index (χ1v) is 10.6. The van der Waals surface area contributed by atoms with Gasteiger partial charge in [-0.1, -0.05) is 18.6 Å². The van der Waals surface area contributed by atoms with Gasteiger partial charge in [-0.05, 0) is 63.5 Å². The lowest BCUT2D eigenvalue weighted by Gasteiger charge is -2.26. The van der Waals surface area contributed by atoms with E-state index in [4.69, 9.17) is 0 Å². The van der Waals surface area contributed by atoms with Crippen molar-refractivity contribution in [2.45, 2.75) is 52.6 Å². The zero-order valence-electron chi connectivity index (χ0n) is 17.9. The molecule has 1 aliphatic heterocycles. The van der Waals surface area contributed by atoms with Gasteiger partial charge >= 0.3 is 0 Å². The van der Waals surface area contributed by atoms with Gasteiger partial charge < -0.3 is 5.32 Å². The molecule has 0 saturated carbocycles. The molecule has 31 heavy (non-hydrogen) atoms. The molecule has 1 saturated heterocycles. The van der Waals surface area contributed by atoms with Crippen LogP contribution in [0.25, 0.3) is 11.0 Å². The molecular formula is C23H27F2N5O. The summed E-state index contributed by atoms with van der Waals surface area (Å²) in [5, 5.41) is 7.46. The molecule has 1 aliphatic rings. The Morgan fingerprint density at radius 2 is 1.84 bits per heavy atom. The second kappa shape index (κ2) is 9.09. The lowest BCUT2D eigenvalue weighted by Crippen LogP contribution is -2.29. The number of carbonyl (C=O) groups is 1. The van der Waals surface area contributed by atoms with E-state index in [9.17, 15) is 13.6 Å². The predicted molar refractivity (Wildman–Crippen MR) is 116 cm³/mol. The zero-order chi connectivity index (χ0) is 22.0. The number of anilines is 1. The van der Waals surface area contributed by atoms with Gasteiger partial charge in [-0.15, -0.1) is 0 Å². The number of benzene rings is 1. The summed E-state index contributed by atoms with van der Waals surface area (Å²) in [6, 6.07) is 9.20. The molecule has 3 aromatic rings. The molecule has 1 aromatic carbocycles. The van der Waals surface area contributed by atoms with E-state index in [1.54, 1.807) is 13.8 Å². The maximum absolute atomic E-state index is 13.4. The molecule has 2 aromatic heterocycles. The summed E-state index contributed by atoms with van der Waals surface area (Å²) in [4.78, 5) is 19.4. The number of fused-ring (bicyclic) bond motifs is 1. The molecule has 0 spiro atoms. The molecule has 0 radical (unpaired) electrons. The molecule has 0 atom stereocenters. The van der Waals surface area contributed by atoms with Crippen molar-refractivity contribution in [1.29, 1.82) is 0 Å². The van der Waals surface area contributed by atoms with Gasteiger partial charge in [-0.2, -0.15) is 5.10 Å². The van der Waals surface area contributed by atoms with Crippen LogP contribution in [0.3, 0.4) is 0 Å². The number of nitrogens with one attached hydrogen (secondary N) is 1. The topological polar surface area (TPSA) is 63.1 Å². The fraction of sp³-hybridized carbons (Fsp3) is 0.435. The summed E-state index contributed by atoms with van der Waals surface area (Å²) in [7, 11) is 0. The Kier molecular flexibility index (Phi) is 6.27. The van der Waals surface area contributed by atoms with Gasteiger partial charge in [-0.25, -0.2) is 18.4 Å². The van der Waals surface area contributed by atoms with Crippen molar-refractivity contribution in [2.75, 3.05) is 18.4 Å². The van der Waals surface area contributed by atoms with Crippen LogP contribution in [0.15, 0.2) is 30.3 Å². The van der Waals surface area contributed by atoms with Gasteiger partial charge in [0, 0.05) is 23.5 Å². The normalized spacial score (nSPS) is 15.0. The third-order valence-electron chi connectivity index (χ3n) is 5.66. The van der Waals surface area contributed by atoms with Crippen molar-refractivity contribution in [3.8, 4) is 0 Å². The summed E-state index contributed by atoms with van der Waals surface area (Å²) in [5.41, 5.74) is 3.02. The van der Waals surface area contributed by atoms with Gasteiger partial charge in [0.2, 0.25) is 5.91 Å². The number of amides is 1. The van der Waals surface area contributed by atoms with Crippen molar-refractivity contribution in [3.05, 3.63) is 52.8 Å². The quantitative estimate of drug-likeness (QED) is 0.624. The molecule has 0 aliphatic carbocycles. The van der Waals surface area contributed by atoms with E-state index < -0.39 is 6.43 Å². The Labute approximate surface area is 180 Å². The molecule has 3 heterocycles. The first-order valence-electron chi connectivity index (χ1n) is 10.6. The lowest BCUT2D eigenvalue weighted by molar-refractivity contribution is -0.116. The molecule has 164 valence electrons. The fourth-order valence-electron chi connectivity index (χ4n) is 4.21. The maximum Gasteiger partial charge on any atom is 0.264 e. The third kappa shape index (κ3) is 4.90. The van der Waals surface area contributed by atoms with Crippen LogP contribution in [0.5, 0.6) is 0 Å². The van der Waals surface area contributed by atoms with Crippen LogP contribution < -0.4 is 5.32 Å². The van der Waals surface area contributed by atoms with Gasteiger partial charge in [0.1, 0.15) is 6.54 Å². The van der Waals surface area contributed by atoms with E-state index in [1.807, 2.05) is 24.3 Å². The van der Waals surface area contributed by atoms with Crippen LogP contribution in [-0.2, 0) is 17.9 Å². The molecular weight excluding hydrogens is 400 g/mol. The summed E-state index contributed by atoms with van der Waals surface area (Å²) in [6.45, 7) is 6.40. The lowest BCUT2D eigenvalue weighted by atomic mass is 10.1. The molecule has 0 unspecified atom stereocenters. The zero-order valence-corrected chi connectivity index (χ0v) is 17.9. The first kappa shape index (κ1) is 21.4. The van der Waals surface area contributed by atoms with Crippen LogP contribution in [-0.4, -0.2) is 38.7 Å². The molecule has 0 bridgehead atoms. The number of piperidine rings is 1. The monoisotopic (exact) mass is 427 g/mol. The van der Waals surface area contributed by atoms with E-state index in [0.29, 0.717) is 28.1 Å². The van der Waals surface area contributed by atoms with Crippen LogP contribution >= 0.6 is 0 Å². The van der Waals surface area contributed by atoms with Gasteiger partial charge in [0.05, 0.1) is 11.1 Å². The standard InChI is InChI=1S/C23H27F2N5O/c1-15-12-19(22(24)25)21-16(2)28-30(23(21)26-15)14-20(31)27-18-8-6-17(7-9-18)13-29-10-4-3-5-11-29/h6-9,12,22H,3-5,10-11,13-14H2,1-2H3,(H,27,31). The number of aromatic nitrogens is 3. The minimum atomic E-state index is -2.63. The minimum Gasteiger partial charge on any atom is -0.324 e. The number of nitrogens with zero attached hydrogens (tertiary/aromatic N) is 4. The summed E-state index contributed by atoms with van der Waals surface area (Å²) in [5.74, 6) is -0.282. The van der Waals surface area contributed by atoms with E-state index in [-0.39, 0.29) is 18.0 Å². The largest absolute Gasteiger partial charge is 0.324 e. The Hall–Kier alpha value is -2.87. The number of hydrogen-bond donors (Lipinski definition) is 1. The van der Waals surface area contributed by atoms with Crippen LogP contribution in [0.1, 0.15) is 48.2 Å². The van der Waals surface area contributed by atoms with Crippen LogP contribution in [0.2, 0.25) is 0 Å². The summed E-state index contributed by atoms with van der Waals surface area (Å²) >= 11 is 0. The SMILES string of the molecule is Cc1cc(C(F)F)c2c(C)nn(CC(=O)Nc3ccc(CN4CCCCC4)cc3)c2n1. The number of alkyl halides is 2. The number of likely N-dealkylation sites (tertiary alicyclic amines) is 1. The Balaban J connectivity index is 1.44. The van der Waals surface area contributed by atoms with E-state index >= 15 is 0 Å². The average Bonchev–Trinajstić information content (AvgIpc) is 3.04.